The zero-order valence-electron chi connectivity index (χ0n) is 15.5. The zero-order chi connectivity index (χ0) is 18.9. The molecular weight excluding hydrogens is 349 g/mol. The van der Waals surface area contributed by atoms with E-state index in [9.17, 15) is 14.0 Å². The van der Waals surface area contributed by atoms with Crippen LogP contribution in [-0.4, -0.2) is 59.6 Å². The summed E-state index contributed by atoms with van der Waals surface area (Å²) in [5.74, 6) is -0.242. The van der Waals surface area contributed by atoms with Crippen molar-refractivity contribution in [1.82, 2.24) is 9.80 Å². The second kappa shape index (κ2) is 7.46. The van der Waals surface area contributed by atoms with Crippen LogP contribution in [0.4, 0.5) is 14.9 Å². The number of anilines is 1. The molecular formula is C20H26FN3O3. The van der Waals surface area contributed by atoms with Gasteiger partial charge >= 0.3 is 6.03 Å². The lowest BCUT2D eigenvalue weighted by Crippen LogP contribution is -2.48. The van der Waals surface area contributed by atoms with Crippen molar-refractivity contribution in [1.29, 1.82) is 0 Å². The monoisotopic (exact) mass is 375 g/mol. The summed E-state index contributed by atoms with van der Waals surface area (Å²) in [6, 6.07) is 5.66. The maximum absolute atomic E-state index is 13.3. The Labute approximate surface area is 158 Å². The third kappa shape index (κ3) is 3.93. The van der Waals surface area contributed by atoms with Crippen LogP contribution in [-0.2, 0) is 9.53 Å². The molecule has 1 spiro atoms. The van der Waals surface area contributed by atoms with Gasteiger partial charge in [0.1, 0.15) is 11.9 Å². The third-order valence-corrected chi connectivity index (χ3v) is 5.99. The van der Waals surface area contributed by atoms with Crippen LogP contribution in [0, 0.1) is 5.82 Å². The van der Waals surface area contributed by atoms with Crippen LogP contribution in [0.2, 0.25) is 0 Å². The number of halogens is 1. The summed E-state index contributed by atoms with van der Waals surface area (Å²) in [6.07, 6.45) is 4.94. The molecule has 3 fully saturated rings. The summed E-state index contributed by atoms with van der Waals surface area (Å²) in [5, 5.41) is 2.74. The van der Waals surface area contributed by atoms with E-state index in [0.717, 1.165) is 51.6 Å². The number of nitrogens with zero attached hydrogens (tertiary/aromatic N) is 2. The number of carbonyl (C=O) groups is 2. The van der Waals surface area contributed by atoms with Crippen molar-refractivity contribution in [3.63, 3.8) is 0 Å². The maximum atomic E-state index is 13.3. The smallest absolute Gasteiger partial charge is 0.321 e. The van der Waals surface area contributed by atoms with Gasteiger partial charge in [0, 0.05) is 31.9 Å². The summed E-state index contributed by atoms with van der Waals surface area (Å²) in [7, 11) is 0. The highest BCUT2D eigenvalue weighted by molar-refractivity contribution is 5.89. The average Bonchev–Trinajstić information content (AvgIpc) is 3.32. The number of hydrogen-bond acceptors (Lipinski definition) is 3. The molecule has 0 aliphatic carbocycles. The van der Waals surface area contributed by atoms with Gasteiger partial charge in [0.2, 0.25) is 0 Å². The molecule has 0 radical (unpaired) electrons. The van der Waals surface area contributed by atoms with Crippen LogP contribution in [0.5, 0.6) is 0 Å². The average molecular weight is 375 g/mol. The standard InChI is InChI=1S/C20H26FN3O3/c21-15-4-3-5-16(14-15)22-19(26)24-12-8-20(9-13-24)7-6-17(27-20)18(25)23-10-1-2-11-23/h3-5,14,17H,1-2,6-13H2,(H,22,26). The summed E-state index contributed by atoms with van der Waals surface area (Å²) in [4.78, 5) is 28.6. The minimum atomic E-state index is -0.376. The van der Waals surface area contributed by atoms with Crippen molar-refractivity contribution in [2.45, 2.75) is 50.2 Å². The van der Waals surface area contributed by atoms with Crippen LogP contribution < -0.4 is 5.32 Å². The Morgan fingerprint density at radius 3 is 2.52 bits per heavy atom. The number of urea groups is 1. The number of piperidine rings is 1. The first-order valence-corrected chi connectivity index (χ1v) is 9.83. The molecule has 146 valence electrons. The van der Waals surface area contributed by atoms with Gasteiger partial charge in [-0.15, -0.1) is 0 Å². The highest BCUT2D eigenvalue weighted by atomic mass is 19.1. The third-order valence-electron chi connectivity index (χ3n) is 5.99. The second-order valence-corrected chi connectivity index (χ2v) is 7.79. The van der Waals surface area contributed by atoms with Gasteiger partial charge in [-0.1, -0.05) is 6.07 Å². The quantitative estimate of drug-likeness (QED) is 0.864. The maximum Gasteiger partial charge on any atom is 0.321 e. The van der Waals surface area contributed by atoms with Crippen LogP contribution in [0.1, 0.15) is 38.5 Å². The van der Waals surface area contributed by atoms with Gasteiger partial charge in [0.25, 0.3) is 5.91 Å². The summed E-state index contributed by atoms with van der Waals surface area (Å²) in [5.41, 5.74) is 0.170. The van der Waals surface area contributed by atoms with Gasteiger partial charge in [-0.3, -0.25) is 4.79 Å². The molecule has 27 heavy (non-hydrogen) atoms. The Morgan fingerprint density at radius 2 is 1.81 bits per heavy atom. The number of nitrogens with one attached hydrogen (secondary N) is 1. The molecule has 1 aromatic rings. The van der Waals surface area contributed by atoms with E-state index in [1.54, 1.807) is 17.0 Å². The lowest BCUT2D eigenvalue weighted by atomic mass is 9.88. The van der Waals surface area contributed by atoms with Crippen LogP contribution in [0.3, 0.4) is 0 Å². The molecule has 7 heteroatoms. The van der Waals surface area contributed by atoms with Crippen LogP contribution in [0.15, 0.2) is 24.3 Å². The number of carbonyl (C=O) groups excluding carboxylic acids is 2. The fourth-order valence-corrected chi connectivity index (χ4v) is 4.38. The minimum absolute atomic E-state index is 0.135. The van der Waals surface area contributed by atoms with E-state index in [1.165, 1.54) is 12.1 Å². The fraction of sp³-hybridized carbons (Fsp3) is 0.600. The van der Waals surface area contributed by atoms with Gasteiger partial charge in [-0.2, -0.15) is 0 Å². The SMILES string of the molecule is O=C(Nc1cccc(F)c1)N1CCC2(CCC(C(=O)N3CCCC3)O2)CC1. The number of amides is 3. The molecule has 0 saturated carbocycles. The van der Waals surface area contributed by atoms with E-state index >= 15 is 0 Å². The molecule has 1 atom stereocenters. The predicted molar refractivity (Wildman–Crippen MR) is 98.9 cm³/mol. The van der Waals surface area contributed by atoms with Crippen molar-refractivity contribution >= 4 is 17.6 Å². The normalized spacial score (nSPS) is 24.4. The summed E-state index contributed by atoms with van der Waals surface area (Å²) >= 11 is 0. The summed E-state index contributed by atoms with van der Waals surface area (Å²) < 4.78 is 19.5. The van der Waals surface area contributed by atoms with Crippen molar-refractivity contribution in [3.8, 4) is 0 Å². The molecule has 3 amide bonds. The lowest BCUT2D eigenvalue weighted by molar-refractivity contribution is -0.149. The Balaban J connectivity index is 1.29. The van der Waals surface area contributed by atoms with E-state index in [0.29, 0.717) is 18.8 Å². The molecule has 0 aromatic heterocycles. The van der Waals surface area contributed by atoms with Gasteiger partial charge in [-0.25, -0.2) is 9.18 Å². The molecule has 1 N–H and O–H groups in total. The Hall–Kier alpha value is -2.15. The number of benzene rings is 1. The largest absolute Gasteiger partial charge is 0.362 e. The van der Waals surface area contributed by atoms with Crippen molar-refractivity contribution in [3.05, 3.63) is 30.1 Å². The first kappa shape index (κ1) is 18.2. The molecule has 1 unspecified atom stereocenters. The van der Waals surface area contributed by atoms with E-state index in [2.05, 4.69) is 5.32 Å². The molecule has 3 saturated heterocycles. The van der Waals surface area contributed by atoms with E-state index in [-0.39, 0.29) is 29.5 Å². The van der Waals surface area contributed by atoms with Gasteiger partial charge < -0.3 is 19.9 Å². The second-order valence-electron chi connectivity index (χ2n) is 7.79. The number of ether oxygens (including phenoxy) is 1. The lowest BCUT2D eigenvalue weighted by Gasteiger charge is -2.39. The van der Waals surface area contributed by atoms with Crippen molar-refractivity contribution in [2.24, 2.45) is 0 Å². The molecule has 1 aromatic carbocycles. The first-order chi connectivity index (χ1) is 13.0. The zero-order valence-corrected chi connectivity index (χ0v) is 15.5. The Bertz CT molecular complexity index is 712. The molecule has 0 bridgehead atoms. The molecule has 3 aliphatic heterocycles. The van der Waals surface area contributed by atoms with E-state index < -0.39 is 0 Å². The topological polar surface area (TPSA) is 61.9 Å². The van der Waals surface area contributed by atoms with E-state index in [4.69, 9.17) is 4.74 Å². The highest BCUT2D eigenvalue weighted by Gasteiger charge is 2.46. The highest BCUT2D eigenvalue weighted by Crippen LogP contribution is 2.39. The predicted octanol–water partition coefficient (Wildman–Crippen LogP) is 2.99. The van der Waals surface area contributed by atoms with Crippen LogP contribution >= 0.6 is 0 Å². The van der Waals surface area contributed by atoms with Crippen LogP contribution in [0.25, 0.3) is 0 Å². The Morgan fingerprint density at radius 1 is 1.07 bits per heavy atom. The summed E-state index contributed by atoms with van der Waals surface area (Å²) in [6.45, 7) is 2.84. The molecule has 6 nitrogen and oxygen atoms in total. The van der Waals surface area contributed by atoms with Crippen molar-refractivity contribution < 1.29 is 18.7 Å². The fourth-order valence-electron chi connectivity index (χ4n) is 4.38. The molecule has 4 rings (SSSR count). The van der Waals surface area contributed by atoms with Gasteiger partial charge in [-0.05, 0) is 56.7 Å². The van der Waals surface area contributed by atoms with Gasteiger partial charge in [0.05, 0.1) is 5.60 Å². The number of hydrogen-bond donors (Lipinski definition) is 1. The van der Waals surface area contributed by atoms with Gasteiger partial charge in [0.15, 0.2) is 0 Å². The number of rotatable bonds is 2. The first-order valence-electron chi connectivity index (χ1n) is 9.83. The molecule has 3 heterocycles. The minimum Gasteiger partial charge on any atom is -0.362 e. The van der Waals surface area contributed by atoms with Crippen molar-refractivity contribution in [2.75, 3.05) is 31.5 Å². The molecule has 3 aliphatic rings. The Kier molecular flexibility index (Phi) is 5.04. The van der Waals surface area contributed by atoms with E-state index in [1.807, 2.05) is 4.90 Å². The number of likely N-dealkylation sites (tertiary alicyclic amines) is 2.